The number of aromatic amines is 1. The van der Waals surface area contributed by atoms with Gasteiger partial charge in [-0.3, -0.25) is 14.2 Å². The van der Waals surface area contributed by atoms with Crippen molar-refractivity contribution in [3.63, 3.8) is 0 Å². The first kappa shape index (κ1) is 23.1. The summed E-state index contributed by atoms with van der Waals surface area (Å²) < 4.78 is 6.21. The van der Waals surface area contributed by atoms with E-state index in [9.17, 15) is 39.6 Å². The number of carboxylic acids is 1. The number of aliphatic carboxylic acids is 1. The highest BCUT2D eigenvalue weighted by Gasteiger charge is 2.50. The second-order valence-corrected chi connectivity index (χ2v) is 7.31. The lowest BCUT2D eigenvalue weighted by molar-refractivity contribution is -0.149. The highest BCUT2D eigenvalue weighted by atomic mass is 16.6. The summed E-state index contributed by atoms with van der Waals surface area (Å²) in [5.41, 5.74) is 5.52. The van der Waals surface area contributed by atoms with E-state index in [0.29, 0.717) is 11.8 Å². The zero-order valence-electron chi connectivity index (χ0n) is 16.5. The predicted octanol–water partition coefficient (Wildman–Crippen LogP) is -2.55. The number of carbonyl (C=O) groups is 3. The highest BCUT2D eigenvalue weighted by Crippen LogP contribution is 2.30. The van der Waals surface area contributed by atoms with Gasteiger partial charge in [-0.25, -0.2) is 9.59 Å². The van der Waals surface area contributed by atoms with E-state index >= 15 is 0 Å². The molecule has 1 aromatic heterocycles. The Balaban J connectivity index is 1.74. The van der Waals surface area contributed by atoms with E-state index in [1.807, 2.05) is 0 Å². The molecule has 172 valence electrons. The van der Waals surface area contributed by atoms with Gasteiger partial charge in [-0.05, 0) is 24.1 Å². The average Bonchev–Trinajstić information content (AvgIpc) is 3.27. The van der Waals surface area contributed by atoms with E-state index in [0.717, 1.165) is 10.8 Å². The molecular formula is C19H22N4O9. The molecule has 1 aromatic carbocycles. The molecule has 32 heavy (non-hydrogen) atoms. The standard InChI is InChI=1S/C19H22N4O9/c20-11(5-8-1-3-10(25)4-2-8)16(28)22-12(18(29)30)15-13(26)14(27)17(32-15)23-6-9(7-24)21-19(23)31/h1-4,6-7,11-15,17,25-27H,5,20H2,(H,21,31)(H,22,28)(H,29,30)/t11-,12+,13+,14+,15+,17+/m0/s1. The molecule has 6 atom stereocenters. The number of aliphatic hydroxyl groups excluding tert-OH is 2. The van der Waals surface area contributed by atoms with Gasteiger partial charge in [-0.15, -0.1) is 0 Å². The van der Waals surface area contributed by atoms with Crippen LogP contribution in [0.3, 0.4) is 0 Å². The van der Waals surface area contributed by atoms with Crippen molar-refractivity contribution in [2.45, 2.75) is 43.0 Å². The zero-order valence-corrected chi connectivity index (χ0v) is 16.5. The minimum atomic E-state index is -1.80. The summed E-state index contributed by atoms with van der Waals surface area (Å²) in [6, 6.07) is 2.94. The van der Waals surface area contributed by atoms with Gasteiger partial charge in [0.1, 0.15) is 24.1 Å². The number of hydrogen-bond acceptors (Lipinski definition) is 9. The Morgan fingerprint density at radius 1 is 1.25 bits per heavy atom. The maximum atomic E-state index is 12.5. The summed E-state index contributed by atoms with van der Waals surface area (Å²) in [7, 11) is 0. The topological polar surface area (TPSA) is 217 Å². The van der Waals surface area contributed by atoms with Crippen LogP contribution in [0.25, 0.3) is 0 Å². The number of benzene rings is 1. The van der Waals surface area contributed by atoms with Gasteiger partial charge < -0.3 is 41.2 Å². The molecule has 13 nitrogen and oxygen atoms in total. The van der Waals surface area contributed by atoms with Crippen LogP contribution in [0.5, 0.6) is 5.75 Å². The number of ether oxygens (including phenoxy) is 1. The molecule has 8 N–H and O–H groups in total. The van der Waals surface area contributed by atoms with Crippen LogP contribution in [-0.2, 0) is 20.7 Å². The third-order valence-electron chi connectivity index (χ3n) is 5.06. The van der Waals surface area contributed by atoms with E-state index < -0.39 is 54.2 Å². The molecule has 1 aliphatic heterocycles. The highest BCUT2D eigenvalue weighted by molar-refractivity contribution is 5.87. The van der Waals surface area contributed by atoms with Crippen LogP contribution in [0.1, 0.15) is 22.3 Å². The maximum Gasteiger partial charge on any atom is 0.329 e. The molecule has 0 saturated carbocycles. The molecule has 0 bridgehead atoms. The SMILES string of the molecule is N[C@@H](Cc1ccc(O)cc1)C(=O)N[C@@H](C(=O)O)[C@H]1O[C@@H](n2cc(C=O)[nH]c2=O)[C@H](O)[C@H]1O. The largest absolute Gasteiger partial charge is 0.508 e. The zero-order chi connectivity index (χ0) is 23.6. The fraction of sp³-hybridized carbons (Fsp3) is 0.368. The number of nitrogens with one attached hydrogen (secondary N) is 2. The summed E-state index contributed by atoms with van der Waals surface area (Å²) in [6.45, 7) is 0. The number of aromatic nitrogens is 2. The van der Waals surface area contributed by atoms with E-state index in [1.165, 1.54) is 12.1 Å². The predicted molar refractivity (Wildman–Crippen MR) is 106 cm³/mol. The number of rotatable bonds is 8. The maximum absolute atomic E-state index is 12.5. The Hall–Kier alpha value is -3.52. The van der Waals surface area contributed by atoms with Crippen molar-refractivity contribution in [2.24, 2.45) is 5.73 Å². The molecule has 0 aliphatic carbocycles. The van der Waals surface area contributed by atoms with Crippen molar-refractivity contribution in [1.82, 2.24) is 14.9 Å². The van der Waals surface area contributed by atoms with Gasteiger partial charge in [-0.1, -0.05) is 12.1 Å². The van der Waals surface area contributed by atoms with Gasteiger partial charge in [0.05, 0.1) is 11.7 Å². The van der Waals surface area contributed by atoms with Crippen LogP contribution >= 0.6 is 0 Å². The van der Waals surface area contributed by atoms with E-state index in [2.05, 4.69) is 10.3 Å². The average molecular weight is 450 g/mol. The van der Waals surface area contributed by atoms with Crippen molar-refractivity contribution in [3.05, 3.63) is 52.2 Å². The smallest absolute Gasteiger partial charge is 0.329 e. The quantitative estimate of drug-likeness (QED) is 0.209. The van der Waals surface area contributed by atoms with Gasteiger partial charge in [0.2, 0.25) is 5.91 Å². The van der Waals surface area contributed by atoms with Crippen LogP contribution in [-0.4, -0.2) is 78.5 Å². The fourth-order valence-electron chi connectivity index (χ4n) is 3.39. The van der Waals surface area contributed by atoms with Crippen molar-refractivity contribution in [3.8, 4) is 5.75 Å². The van der Waals surface area contributed by atoms with Gasteiger partial charge in [0.25, 0.3) is 0 Å². The number of phenols is 1. The summed E-state index contributed by atoms with van der Waals surface area (Å²) in [5, 5.41) is 41.7. The number of amides is 1. The van der Waals surface area contributed by atoms with E-state index in [1.54, 1.807) is 12.1 Å². The number of aromatic hydroxyl groups is 1. The summed E-state index contributed by atoms with van der Waals surface area (Å²) in [5.74, 6) is -2.40. The molecule has 1 fully saturated rings. The third kappa shape index (κ3) is 4.70. The number of nitrogens with two attached hydrogens (primary N) is 1. The molecule has 0 spiro atoms. The minimum Gasteiger partial charge on any atom is -0.508 e. The van der Waals surface area contributed by atoms with Gasteiger partial charge in [0.15, 0.2) is 18.6 Å². The first-order chi connectivity index (χ1) is 15.1. The van der Waals surface area contributed by atoms with Crippen molar-refractivity contribution >= 4 is 18.2 Å². The van der Waals surface area contributed by atoms with Gasteiger partial charge in [-0.2, -0.15) is 0 Å². The number of hydrogen-bond donors (Lipinski definition) is 7. The summed E-state index contributed by atoms with van der Waals surface area (Å²) in [6.07, 6.45) is -5.21. The summed E-state index contributed by atoms with van der Waals surface area (Å²) >= 11 is 0. The number of phenolic OH excluding ortho intramolecular Hbond substituents is 1. The minimum absolute atomic E-state index is 0.0278. The Morgan fingerprint density at radius 3 is 2.47 bits per heavy atom. The molecule has 13 heteroatoms. The molecule has 2 heterocycles. The second-order valence-electron chi connectivity index (χ2n) is 7.31. The number of imidazole rings is 1. The fourth-order valence-corrected chi connectivity index (χ4v) is 3.39. The molecule has 2 aromatic rings. The second kappa shape index (κ2) is 9.32. The molecule has 3 rings (SSSR count). The lowest BCUT2D eigenvalue weighted by Gasteiger charge is -2.24. The van der Waals surface area contributed by atoms with Gasteiger partial charge in [0, 0.05) is 6.20 Å². The van der Waals surface area contributed by atoms with Crippen molar-refractivity contribution in [2.75, 3.05) is 0 Å². The lowest BCUT2D eigenvalue weighted by Crippen LogP contribution is -2.56. The Bertz CT molecular complexity index is 1050. The number of aldehydes is 1. The first-order valence-corrected chi connectivity index (χ1v) is 9.47. The normalized spacial score (nSPS) is 24.6. The van der Waals surface area contributed by atoms with Crippen LogP contribution in [0.4, 0.5) is 0 Å². The molecule has 0 radical (unpaired) electrons. The molecule has 0 unspecified atom stereocenters. The number of H-pyrrole nitrogens is 1. The molecule has 1 aliphatic rings. The molecule has 1 saturated heterocycles. The van der Waals surface area contributed by atoms with E-state index in [-0.39, 0.29) is 17.9 Å². The van der Waals surface area contributed by atoms with Crippen LogP contribution in [0, 0.1) is 0 Å². The van der Waals surface area contributed by atoms with Crippen LogP contribution < -0.4 is 16.7 Å². The summed E-state index contributed by atoms with van der Waals surface area (Å²) in [4.78, 5) is 49.3. The van der Waals surface area contributed by atoms with Crippen molar-refractivity contribution < 1.29 is 39.5 Å². The lowest BCUT2D eigenvalue weighted by atomic mass is 10.0. The third-order valence-corrected chi connectivity index (χ3v) is 5.06. The number of carboxylic acid groups (broad SMARTS) is 1. The Morgan fingerprint density at radius 2 is 1.91 bits per heavy atom. The Kier molecular flexibility index (Phi) is 6.74. The van der Waals surface area contributed by atoms with Crippen LogP contribution in [0.15, 0.2) is 35.3 Å². The van der Waals surface area contributed by atoms with Gasteiger partial charge >= 0.3 is 11.7 Å². The van der Waals surface area contributed by atoms with Crippen molar-refractivity contribution in [1.29, 1.82) is 0 Å². The number of nitrogens with zero attached hydrogens (tertiary/aromatic N) is 1. The Labute approximate surface area is 180 Å². The monoisotopic (exact) mass is 450 g/mol. The van der Waals surface area contributed by atoms with Crippen LogP contribution in [0.2, 0.25) is 0 Å². The number of aliphatic hydroxyl groups is 2. The first-order valence-electron chi connectivity index (χ1n) is 9.47. The number of carbonyl (C=O) groups excluding carboxylic acids is 2. The van der Waals surface area contributed by atoms with E-state index in [4.69, 9.17) is 10.5 Å². The molecule has 1 amide bonds. The molecular weight excluding hydrogens is 428 g/mol.